The van der Waals surface area contributed by atoms with E-state index in [1.165, 1.54) is 24.3 Å². The van der Waals surface area contributed by atoms with Gasteiger partial charge in [-0.15, -0.1) is 0 Å². The molecule has 34 heavy (non-hydrogen) atoms. The summed E-state index contributed by atoms with van der Waals surface area (Å²) < 4.78 is 52.6. The number of carbonyl (C=O) groups is 1. The molecule has 3 aromatic carbocycles. The summed E-state index contributed by atoms with van der Waals surface area (Å²) >= 11 is 0. The molecule has 5 nitrogen and oxygen atoms in total. The van der Waals surface area contributed by atoms with Gasteiger partial charge in [0.15, 0.2) is 25.5 Å². The monoisotopic (exact) mass is 498 g/mol. The molecule has 0 unspecified atom stereocenters. The molecule has 0 aromatic heterocycles. The van der Waals surface area contributed by atoms with Crippen molar-refractivity contribution in [3.63, 3.8) is 0 Å². The zero-order valence-corrected chi connectivity index (χ0v) is 21.5. The Morgan fingerprint density at radius 3 is 1.38 bits per heavy atom. The summed E-state index contributed by atoms with van der Waals surface area (Å²) in [5.74, 6) is -2.66. The molecular formula is C27H30O5S2. The number of sulfone groups is 2. The van der Waals surface area contributed by atoms with Crippen LogP contribution in [0.15, 0.2) is 82.6 Å². The van der Waals surface area contributed by atoms with E-state index in [2.05, 4.69) is 0 Å². The summed E-state index contributed by atoms with van der Waals surface area (Å²) in [6, 6.07) is 19.6. The Kier molecular flexibility index (Phi) is 7.78. The first-order valence-corrected chi connectivity index (χ1v) is 14.4. The molecule has 0 bridgehead atoms. The number of aryl methyl sites for hydroxylation is 2. The number of hydrogen-bond acceptors (Lipinski definition) is 5. The molecule has 3 aromatic rings. The van der Waals surface area contributed by atoms with Crippen LogP contribution in [0, 0.1) is 19.8 Å². The lowest BCUT2D eigenvalue weighted by Gasteiger charge is -2.17. The normalized spacial score (nSPS) is 12.3. The molecule has 0 atom stereocenters. The van der Waals surface area contributed by atoms with Crippen molar-refractivity contribution in [1.29, 1.82) is 0 Å². The van der Waals surface area contributed by atoms with E-state index in [-0.39, 0.29) is 15.7 Å². The minimum absolute atomic E-state index is 0.0683. The van der Waals surface area contributed by atoms with E-state index in [9.17, 15) is 21.6 Å². The minimum Gasteiger partial charge on any atom is -0.294 e. The van der Waals surface area contributed by atoms with E-state index in [1.54, 1.807) is 36.4 Å². The van der Waals surface area contributed by atoms with E-state index in [0.29, 0.717) is 5.56 Å². The molecular weight excluding hydrogens is 468 g/mol. The Labute approximate surface area is 202 Å². The highest BCUT2D eigenvalue weighted by Crippen LogP contribution is 2.24. The lowest BCUT2D eigenvalue weighted by molar-refractivity contribution is 0.0942. The van der Waals surface area contributed by atoms with Crippen LogP contribution in [-0.2, 0) is 19.7 Å². The van der Waals surface area contributed by atoms with Gasteiger partial charge in [0.2, 0.25) is 0 Å². The van der Waals surface area contributed by atoms with E-state index >= 15 is 0 Å². The van der Waals surface area contributed by atoms with Gasteiger partial charge in [0.05, 0.1) is 27.2 Å². The molecule has 7 heteroatoms. The molecule has 0 aliphatic rings. The largest absolute Gasteiger partial charge is 0.294 e. The Bertz CT molecular complexity index is 1270. The van der Waals surface area contributed by atoms with Crippen LogP contribution < -0.4 is 0 Å². The summed E-state index contributed by atoms with van der Waals surface area (Å²) in [5.41, 5.74) is 3.14. The Hall–Kier alpha value is -2.77. The first-order chi connectivity index (χ1) is 15.9. The number of Topliss-reactive ketones (excluding diaryl/α,β-unsaturated/α-hetero) is 1. The second-order valence-corrected chi connectivity index (χ2v) is 13.1. The van der Waals surface area contributed by atoms with Gasteiger partial charge in [-0.1, -0.05) is 73.5 Å². The van der Waals surface area contributed by atoms with Crippen molar-refractivity contribution in [1.82, 2.24) is 0 Å². The fraction of sp³-hybridized carbons (Fsp3) is 0.296. The lowest BCUT2D eigenvalue weighted by Crippen LogP contribution is -2.31. The van der Waals surface area contributed by atoms with E-state index in [1.807, 2.05) is 39.8 Å². The Morgan fingerprint density at radius 2 is 1.03 bits per heavy atom. The highest BCUT2D eigenvalue weighted by molar-refractivity contribution is 7.92. The summed E-state index contributed by atoms with van der Waals surface area (Å²) in [4.78, 5) is 13.6. The molecule has 0 fully saturated rings. The van der Waals surface area contributed by atoms with Crippen LogP contribution in [0.1, 0.15) is 46.8 Å². The number of hydrogen-bond donors (Lipinski definition) is 0. The molecule has 0 aliphatic carbocycles. The topological polar surface area (TPSA) is 85.3 Å². The molecule has 0 radical (unpaired) electrons. The zero-order valence-electron chi connectivity index (χ0n) is 19.9. The summed E-state index contributed by atoms with van der Waals surface area (Å²) in [6.07, 6.45) is 0. The number of carbonyl (C=O) groups excluding carboxylic acids is 1. The fourth-order valence-corrected chi connectivity index (χ4v) is 6.91. The fourth-order valence-electron chi connectivity index (χ4n) is 3.68. The van der Waals surface area contributed by atoms with Gasteiger partial charge in [-0.2, -0.15) is 0 Å². The van der Waals surface area contributed by atoms with Crippen molar-refractivity contribution < 1.29 is 21.6 Å². The van der Waals surface area contributed by atoms with E-state index in [4.69, 9.17) is 0 Å². The van der Waals surface area contributed by atoms with Crippen LogP contribution in [0.25, 0.3) is 0 Å². The van der Waals surface area contributed by atoms with Gasteiger partial charge >= 0.3 is 0 Å². The van der Waals surface area contributed by atoms with Crippen molar-refractivity contribution in [2.75, 3.05) is 11.5 Å². The molecule has 180 valence electrons. The molecule has 0 saturated carbocycles. The maximum Gasteiger partial charge on any atom is 0.179 e. The van der Waals surface area contributed by atoms with Crippen LogP contribution in [0.3, 0.4) is 0 Å². The van der Waals surface area contributed by atoms with Crippen molar-refractivity contribution in [2.24, 2.45) is 5.92 Å². The first kappa shape index (κ1) is 25.8. The third kappa shape index (κ3) is 6.21. The SMILES string of the molecule is Cc1ccc(S(=O)(=O)CC(CS(=O)(=O)c2ccc(C)cc2)C(=O)c2ccc(C(C)C)cc2)cc1. The number of benzene rings is 3. The number of rotatable bonds is 9. The summed E-state index contributed by atoms with van der Waals surface area (Å²) in [6.45, 7) is 7.75. The second kappa shape index (κ2) is 10.2. The van der Waals surface area contributed by atoms with Crippen LogP contribution in [0.4, 0.5) is 0 Å². The molecule has 0 saturated heterocycles. The molecule has 0 N–H and O–H groups in total. The number of ketones is 1. The van der Waals surface area contributed by atoms with Crippen molar-refractivity contribution in [3.8, 4) is 0 Å². The average Bonchev–Trinajstić information content (AvgIpc) is 2.78. The van der Waals surface area contributed by atoms with Gasteiger partial charge in [0, 0.05) is 5.56 Å². The quantitative estimate of drug-likeness (QED) is 0.380. The zero-order chi connectivity index (χ0) is 25.1. The first-order valence-electron chi connectivity index (χ1n) is 11.1. The van der Waals surface area contributed by atoms with Crippen LogP contribution in [0.2, 0.25) is 0 Å². The molecule has 3 rings (SSSR count). The van der Waals surface area contributed by atoms with Crippen LogP contribution in [0.5, 0.6) is 0 Å². The van der Waals surface area contributed by atoms with Gasteiger partial charge in [-0.05, 0) is 49.6 Å². The highest BCUT2D eigenvalue weighted by Gasteiger charge is 2.32. The van der Waals surface area contributed by atoms with Crippen LogP contribution >= 0.6 is 0 Å². The highest BCUT2D eigenvalue weighted by atomic mass is 32.2. The third-order valence-electron chi connectivity index (χ3n) is 5.83. The van der Waals surface area contributed by atoms with Gasteiger partial charge in [0.25, 0.3) is 0 Å². The summed E-state index contributed by atoms with van der Waals surface area (Å²) in [7, 11) is -7.79. The molecule has 0 spiro atoms. The second-order valence-electron chi connectivity index (χ2n) is 9.03. The summed E-state index contributed by atoms with van der Waals surface area (Å²) in [5, 5.41) is 0. The molecule has 0 amide bonds. The van der Waals surface area contributed by atoms with E-state index < -0.39 is 42.9 Å². The Morgan fingerprint density at radius 1 is 0.647 bits per heavy atom. The van der Waals surface area contributed by atoms with Crippen LogP contribution in [-0.4, -0.2) is 34.1 Å². The third-order valence-corrected chi connectivity index (χ3v) is 9.50. The maximum atomic E-state index is 13.4. The van der Waals surface area contributed by atoms with Gasteiger partial charge < -0.3 is 0 Å². The average molecular weight is 499 g/mol. The molecule has 0 aliphatic heterocycles. The predicted octanol–water partition coefficient (Wildman–Crippen LogP) is 5.17. The van der Waals surface area contributed by atoms with Crippen molar-refractivity contribution >= 4 is 25.5 Å². The lowest BCUT2D eigenvalue weighted by atomic mass is 9.97. The van der Waals surface area contributed by atoms with E-state index in [0.717, 1.165) is 16.7 Å². The van der Waals surface area contributed by atoms with Gasteiger partial charge in [-0.3, -0.25) is 4.79 Å². The van der Waals surface area contributed by atoms with Crippen molar-refractivity contribution in [3.05, 3.63) is 95.1 Å². The smallest absolute Gasteiger partial charge is 0.179 e. The Balaban J connectivity index is 1.98. The molecule has 0 heterocycles. The maximum absolute atomic E-state index is 13.4. The standard InChI is InChI=1S/C27H30O5S2/c1-19(2)22-9-11-23(12-10-22)27(28)24(17-33(29,30)25-13-5-20(3)6-14-25)18-34(31,32)26-15-7-21(4)8-16-26/h5-16,19,24H,17-18H2,1-4H3. The van der Waals surface area contributed by atoms with Gasteiger partial charge in [0.1, 0.15) is 0 Å². The van der Waals surface area contributed by atoms with Gasteiger partial charge in [-0.25, -0.2) is 16.8 Å². The minimum atomic E-state index is -3.90. The van der Waals surface area contributed by atoms with Crippen molar-refractivity contribution in [2.45, 2.75) is 43.4 Å². The predicted molar refractivity (Wildman–Crippen MR) is 135 cm³/mol.